The van der Waals surface area contributed by atoms with Gasteiger partial charge < -0.3 is 10.2 Å². The van der Waals surface area contributed by atoms with Crippen LogP contribution in [0.2, 0.25) is 0 Å². The Morgan fingerprint density at radius 3 is 2.37 bits per heavy atom. The topological polar surface area (TPSA) is 48.5 Å². The number of carbonyl (C=O) groups is 1. The minimum atomic E-state index is -0.116. The highest BCUT2D eigenvalue weighted by molar-refractivity contribution is 5.99. The van der Waals surface area contributed by atoms with E-state index >= 15 is 0 Å². The van der Waals surface area contributed by atoms with Gasteiger partial charge in [0.1, 0.15) is 5.82 Å². The molecule has 0 bridgehead atoms. The number of nitrogens with zero attached hydrogens (tertiary/aromatic N) is 3. The number of aryl methyl sites for hydroxylation is 1. The summed E-state index contributed by atoms with van der Waals surface area (Å²) in [5, 5.41) is 2.84. The van der Waals surface area contributed by atoms with Crippen molar-refractivity contribution in [3.05, 3.63) is 65.4 Å². The van der Waals surface area contributed by atoms with Crippen LogP contribution in [0.4, 0.5) is 11.5 Å². The van der Waals surface area contributed by atoms with Gasteiger partial charge >= 0.3 is 0 Å². The van der Waals surface area contributed by atoms with Crippen molar-refractivity contribution < 1.29 is 4.79 Å². The van der Waals surface area contributed by atoms with Crippen molar-refractivity contribution in [1.82, 2.24) is 9.88 Å². The predicted molar refractivity (Wildman–Crippen MR) is 111 cm³/mol. The van der Waals surface area contributed by atoms with Crippen LogP contribution in [0.25, 0.3) is 0 Å². The van der Waals surface area contributed by atoms with E-state index in [1.54, 1.807) is 12.3 Å². The molecule has 1 aromatic heterocycles. The lowest BCUT2D eigenvalue weighted by Crippen LogP contribution is -2.46. The molecule has 1 saturated heterocycles. The second-order valence-corrected chi connectivity index (χ2v) is 7.36. The second kappa shape index (κ2) is 8.82. The molecule has 0 atom stereocenters. The molecule has 1 N–H and O–H groups in total. The number of aromatic nitrogens is 1. The molecule has 2 aromatic rings. The summed E-state index contributed by atoms with van der Waals surface area (Å²) in [6.07, 6.45) is 3.31. The zero-order chi connectivity index (χ0) is 19.2. The Labute approximate surface area is 161 Å². The number of anilines is 2. The van der Waals surface area contributed by atoms with Gasteiger partial charge in [-0.25, -0.2) is 4.98 Å². The Kier molecular flexibility index (Phi) is 6.24. The Hall–Kier alpha value is -2.66. The van der Waals surface area contributed by atoms with Crippen LogP contribution in [0, 0.1) is 6.92 Å². The highest BCUT2D eigenvalue weighted by Gasteiger charge is 2.18. The van der Waals surface area contributed by atoms with Crippen molar-refractivity contribution in [2.75, 3.05) is 36.4 Å². The Morgan fingerprint density at radius 1 is 1.07 bits per heavy atom. The summed E-state index contributed by atoms with van der Waals surface area (Å²) in [6, 6.07) is 12.7. The number of pyridine rings is 1. The lowest BCUT2D eigenvalue weighted by Gasteiger charge is -2.35. The van der Waals surface area contributed by atoms with Crippen LogP contribution in [0.5, 0.6) is 0 Å². The fourth-order valence-electron chi connectivity index (χ4n) is 3.17. The Bertz CT molecular complexity index is 784. The largest absolute Gasteiger partial charge is 0.354 e. The third kappa shape index (κ3) is 5.66. The minimum absolute atomic E-state index is 0.116. The summed E-state index contributed by atoms with van der Waals surface area (Å²) >= 11 is 0. The van der Waals surface area contributed by atoms with Gasteiger partial charge in [-0.1, -0.05) is 35.4 Å². The summed E-state index contributed by atoms with van der Waals surface area (Å²) in [5.41, 5.74) is 4.36. The molecule has 1 fully saturated rings. The van der Waals surface area contributed by atoms with E-state index < -0.39 is 0 Å². The average molecular weight is 364 g/mol. The number of rotatable bonds is 5. The van der Waals surface area contributed by atoms with Crippen molar-refractivity contribution in [1.29, 1.82) is 0 Å². The monoisotopic (exact) mass is 364 g/mol. The molecule has 2 heterocycles. The molecule has 0 aliphatic carbocycles. The zero-order valence-corrected chi connectivity index (χ0v) is 16.4. The normalized spacial score (nSPS) is 14.7. The lowest BCUT2D eigenvalue weighted by molar-refractivity contribution is -0.111. The molecule has 5 heteroatoms. The molecule has 1 amide bonds. The van der Waals surface area contributed by atoms with Gasteiger partial charge in [-0.05, 0) is 38.5 Å². The third-order valence-electron chi connectivity index (χ3n) is 4.66. The summed E-state index contributed by atoms with van der Waals surface area (Å²) in [4.78, 5) is 21.1. The molecular formula is C22H28N4O. The maximum absolute atomic E-state index is 11.8. The maximum Gasteiger partial charge on any atom is 0.248 e. The van der Waals surface area contributed by atoms with Gasteiger partial charge in [0, 0.05) is 38.8 Å². The average Bonchev–Trinajstić information content (AvgIpc) is 2.64. The van der Waals surface area contributed by atoms with Crippen LogP contribution in [0.3, 0.4) is 0 Å². The van der Waals surface area contributed by atoms with Gasteiger partial charge in [0.25, 0.3) is 0 Å². The molecule has 0 radical (unpaired) electrons. The summed E-state index contributed by atoms with van der Waals surface area (Å²) < 4.78 is 0. The number of hydrogen-bond acceptors (Lipinski definition) is 4. The Morgan fingerprint density at radius 2 is 1.78 bits per heavy atom. The summed E-state index contributed by atoms with van der Waals surface area (Å²) in [7, 11) is 0. The molecule has 0 spiro atoms. The number of piperazine rings is 1. The fourth-order valence-corrected chi connectivity index (χ4v) is 3.17. The fraction of sp³-hybridized carbons (Fsp3) is 0.364. The molecule has 5 nitrogen and oxygen atoms in total. The highest BCUT2D eigenvalue weighted by Crippen LogP contribution is 2.17. The van der Waals surface area contributed by atoms with E-state index in [0.717, 1.165) is 49.8 Å². The molecular weight excluding hydrogens is 336 g/mol. The van der Waals surface area contributed by atoms with Crippen molar-refractivity contribution in [3.63, 3.8) is 0 Å². The molecule has 27 heavy (non-hydrogen) atoms. The van der Waals surface area contributed by atoms with Crippen molar-refractivity contribution in [2.24, 2.45) is 0 Å². The molecule has 0 unspecified atom stereocenters. The number of hydrogen-bond donors (Lipinski definition) is 1. The van der Waals surface area contributed by atoms with Crippen molar-refractivity contribution >= 4 is 17.4 Å². The van der Waals surface area contributed by atoms with Gasteiger partial charge in [0.2, 0.25) is 5.91 Å². The number of amides is 1. The molecule has 142 valence electrons. The molecule has 1 aliphatic heterocycles. The third-order valence-corrected chi connectivity index (χ3v) is 4.66. The van der Waals surface area contributed by atoms with E-state index in [9.17, 15) is 4.79 Å². The van der Waals surface area contributed by atoms with Crippen molar-refractivity contribution in [2.45, 2.75) is 27.3 Å². The number of carbonyl (C=O) groups excluding carboxylic acids is 1. The quantitative estimate of drug-likeness (QED) is 0.824. The molecule has 1 aliphatic rings. The number of nitrogens with one attached hydrogen (secondary N) is 1. The smallest absolute Gasteiger partial charge is 0.248 e. The molecule has 3 rings (SSSR count). The van der Waals surface area contributed by atoms with Gasteiger partial charge in [0.05, 0.1) is 11.9 Å². The van der Waals surface area contributed by atoms with Gasteiger partial charge in [-0.2, -0.15) is 0 Å². The molecule has 0 saturated carbocycles. The van der Waals surface area contributed by atoms with E-state index in [2.05, 4.69) is 51.3 Å². The summed E-state index contributed by atoms with van der Waals surface area (Å²) in [6.45, 7) is 10.9. The van der Waals surface area contributed by atoms with Crippen LogP contribution in [-0.4, -0.2) is 42.0 Å². The van der Waals surface area contributed by atoms with Crippen LogP contribution in [-0.2, 0) is 11.3 Å². The highest BCUT2D eigenvalue weighted by atomic mass is 16.1. The van der Waals surface area contributed by atoms with Crippen molar-refractivity contribution in [3.8, 4) is 0 Å². The zero-order valence-electron chi connectivity index (χ0n) is 16.4. The van der Waals surface area contributed by atoms with Crippen LogP contribution in [0.15, 0.2) is 54.2 Å². The number of allylic oxidation sites excluding steroid dienone is 1. The van der Waals surface area contributed by atoms with E-state index in [-0.39, 0.29) is 5.91 Å². The minimum Gasteiger partial charge on any atom is -0.354 e. The Balaban J connectivity index is 1.51. The predicted octanol–water partition coefficient (Wildman–Crippen LogP) is 3.62. The first-order chi connectivity index (χ1) is 13.0. The SMILES string of the molecule is CC(C)=CC(=O)Nc1ccc(N2CCN(Cc3ccc(C)cc3)CC2)nc1. The van der Waals surface area contributed by atoms with E-state index in [1.807, 2.05) is 26.0 Å². The van der Waals surface area contributed by atoms with Gasteiger partial charge in [-0.15, -0.1) is 0 Å². The lowest BCUT2D eigenvalue weighted by atomic mass is 10.1. The van der Waals surface area contributed by atoms with Gasteiger partial charge in [-0.3, -0.25) is 9.69 Å². The first kappa shape index (κ1) is 19.1. The second-order valence-electron chi connectivity index (χ2n) is 7.36. The standard InChI is InChI=1S/C22H28N4O/c1-17(2)14-22(27)24-20-8-9-21(23-15-20)26-12-10-25(11-13-26)16-19-6-4-18(3)5-7-19/h4-9,14-15H,10-13,16H2,1-3H3,(H,24,27). The molecule has 1 aromatic carbocycles. The maximum atomic E-state index is 11.8. The first-order valence-corrected chi connectivity index (χ1v) is 9.44. The van der Waals surface area contributed by atoms with Crippen LogP contribution >= 0.6 is 0 Å². The van der Waals surface area contributed by atoms with Crippen LogP contribution in [0.1, 0.15) is 25.0 Å². The van der Waals surface area contributed by atoms with E-state index in [1.165, 1.54) is 11.1 Å². The summed E-state index contributed by atoms with van der Waals surface area (Å²) in [5.74, 6) is 0.847. The van der Waals surface area contributed by atoms with E-state index in [0.29, 0.717) is 0 Å². The number of benzene rings is 1. The van der Waals surface area contributed by atoms with E-state index in [4.69, 9.17) is 0 Å². The van der Waals surface area contributed by atoms with Crippen LogP contribution < -0.4 is 10.2 Å². The van der Waals surface area contributed by atoms with Gasteiger partial charge in [0.15, 0.2) is 0 Å². The first-order valence-electron chi connectivity index (χ1n) is 9.44.